The van der Waals surface area contributed by atoms with Crippen LogP contribution in [0.2, 0.25) is 0 Å². The molecule has 2 saturated carbocycles. The van der Waals surface area contributed by atoms with E-state index >= 15 is 0 Å². The summed E-state index contributed by atoms with van der Waals surface area (Å²) >= 11 is 0. The van der Waals surface area contributed by atoms with E-state index in [1.165, 1.54) is 8.61 Å². The molecule has 2 fully saturated rings. The highest BCUT2D eigenvalue weighted by Crippen LogP contribution is 2.37. The Morgan fingerprint density at radius 1 is 0.657 bits per heavy atom. The van der Waals surface area contributed by atoms with Gasteiger partial charge in [-0.1, -0.05) is 85.0 Å². The highest BCUT2D eigenvalue weighted by atomic mass is 32.2. The second-order valence-electron chi connectivity index (χ2n) is 19.0. The fourth-order valence-electron chi connectivity index (χ4n) is 10.6. The van der Waals surface area contributed by atoms with Crippen LogP contribution in [0.5, 0.6) is 0 Å². The smallest absolute Gasteiger partial charge is 0.428 e. The molecule has 3 N–H and O–H groups in total. The molecule has 0 radical (unpaired) electrons. The largest absolute Gasteiger partial charge is 0.468 e. The first kappa shape index (κ1) is 47.1. The lowest BCUT2D eigenvalue weighted by Crippen LogP contribution is -2.51. The number of hydrogen-bond acceptors (Lipinski definition) is 12. The van der Waals surface area contributed by atoms with Gasteiger partial charge in [0.05, 0.1) is 34.3 Å². The number of hydrogen-bond donors (Lipinski definition) is 3. The Kier molecular flexibility index (Phi) is 14.0. The molecule has 0 saturated heterocycles. The van der Waals surface area contributed by atoms with Gasteiger partial charge in [-0.3, -0.25) is 9.97 Å². The Morgan fingerprint density at radius 3 is 1.60 bits per heavy atom. The van der Waals surface area contributed by atoms with E-state index in [1.807, 2.05) is 60.7 Å². The van der Waals surface area contributed by atoms with Crippen molar-refractivity contribution in [2.24, 2.45) is 33.9 Å². The minimum Gasteiger partial charge on any atom is -0.428 e. The average Bonchev–Trinajstić information content (AvgIpc) is 4.02. The molecular formula is C49H60B2N8O6S2. The summed E-state index contributed by atoms with van der Waals surface area (Å²) in [6.07, 6.45) is 20.5. The molecule has 67 heavy (non-hydrogen) atoms. The second-order valence-corrected chi connectivity index (χ2v) is 23.3. The summed E-state index contributed by atoms with van der Waals surface area (Å²) in [5, 5.41) is 33.3. The topological polar surface area (TPSA) is 181 Å². The van der Waals surface area contributed by atoms with E-state index in [2.05, 4.69) is 44.7 Å². The number of nitrogens with zero attached hydrogens (tertiary/aromatic N) is 7. The Morgan fingerprint density at radius 2 is 1.10 bits per heavy atom. The fourth-order valence-corrected chi connectivity index (χ4v) is 13.7. The fraction of sp³-hybridized carbons (Fsp3) is 0.429. The van der Waals surface area contributed by atoms with Crippen LogP contribution in [0.25, 0.3) is 12.2 Å². The predicted molar refractivity (Wildman–Crippen MR) is 267 cm³/mol. The van der Waals surface area contributed by atoms with Crippen molar-refractivity contribution in [3.63, 3.8) is 0 Å². The zero-order valence-electron chi connectivity index (χ0n) is 38.6. The first-order chi connectivity index (χ1) is 32.3. The molecule has 0 atom stereocenters. The van der Waals surface area contributed by atoms with Gasteiger partial charge in [-0.15, -0.1) is 0 Å². The van der Waals surface area contributed by atoms with Crippen LogP contribution in [-0.2, 0) is 46.0 Å². The SMILES string of the molecule is CN(Cc1ccccc1)S(=O)(=O)CC1CCC(C2=NNB(O)c3cnc4c(c32)C=CC4)CC1.CN1N=C(C2CCC(CS(=O)(=O)N(C)Cc3ccccc3)CC2)c2c(cnc3c2C=CC3)B1O. The van der Waals surface area contributed by atoms with Crippen molar-refractivity contribution in [2.75, 3.05) is 32.6 Å². The van der Waals surface area contributed by atoms with E-state index in [9.17, 15) is 26.9 Å². The molecule has 14 nitrogen and oxygen atoms in total. The van der Waals surface area contributed by atoms with E-state index in [0.29, 0.717) is 13.1 Å². The third-order valence-corrected chi connectivity index (χ3v) is 18.4. The number of rotatable bonds is 12. The number of fused-ring (bicyclic) bond motifs is 6. The number of allylic oxidation sites excluding steroid dienone is 2. The van der Waals surface area contributed by atoms with Gasteiger partial charge in [-0.05, 0) is 74.3 Å². The van der Waals surface area contributed by atoms with Crippen LogP contribution in [-0.4, -0.2) is 109 Å². The molecule has 0 bridgehead atoms. The monoisotopic (exact) mass is 942 g/mol. The molecule has 2 aliphatic heterocycles. The van der Waals surface area contributed by atoms with E-state index in [-0.39, 0.29) is 35.2 Å². The first-order valence-electron chi connectivity index (χ1n) is 23.6. The molecule has 10 rings (SSSR count). The van der Waals surface area contributed by atoms with Gasteiger partial charge in [0.1, 0.15) is 0 Å². The van der Waals surface area contributed by atoms with Gasteiger partial charge >= 0.3 is 14.1 Å². The van der Waals surface area contributed by atoms with Gasteiger partial charge in [-0.2, -0.15) is 10.2 Å². The third kappa shape index (κ3) is 10.3. The number of benzene rings is 2. The normalized spacial score (nSPS) is 22.0. The van der Waals surface area contributed by atoms with E-state index in [1.54, 1.807) is 38.5 Å². The summed E-state index contributed by atoms with van der Waals surface area (Å²) in [4.78, 5) is 10.7. The van der Waals surface area contributed by atoms with E-state index < -0.39 is 34.1 Å². The third-order valence-electron chi connectivity index (χ3n) is 14.5. The number of pyridine rings is 2. The number of aromatic nitrogens is 2. The Bertz CT molecular complexity index is 2800. The summed E-state index contributed by atoms with van der Waals surface area (Å²) in [6.45, 7) is 0.792. The molecule has 0 spiro atoms. The summed E-state index contributed by atoms with van der Waals surface area (Å²) in [6, 6.07) is 19.4. The van der Waals surface area contributed by atoms with Gasteiger partial charge in [0.15, 0.2) is 0 Å². The van der Waals surface area contributed by atoms with Gasteiger partial charge in [0.25, 0.3) is 0 Å². The van der Waals surface area contributed by atoms with E-state index in [0.717, 1.165) is 131 Å². The molecule has 0 unspecified atom stereocenters. The quantitative estimate of drug-likeness (QED) is 0.175. The predicted octanol–water partition coefficient (Wildman–Crippen LogP) is 4.17. The number of sulfonamides is 2. The lowest BCUT2D eigenvalue weighted by molar-refractivity contribution is 0.335. The summed E-state index contributed by atoms with van der Waals surface area (Å²) in [5.41, 5.74) is 11.8. The summed E-state index contributed by atoms with van der Waals surface area (Å²) in [7, 11) is -3.17. The van der Waals surface area contributed by atoms with Crippen molar-refractivity contribution in [2.45, 2.75) is 77.3 Å². The maximum atomic E-state index is 13.0. The molecule has 350 valence electrons. The van der Waals surface area contributed by atoms with Crippen molar-refractivity contribution in [1.82, 2.24) is 28.8 Å². The van der Waals surface area contributed by atoms with Crippen LogP contribution in [0.4, 0.5) is 0 Å². The Balaban J connectivity index is 0.000000168. The Labute approximate surface area is 396 Å². The summed E-state index contributed by atoms with van der Waals surface area (Å²) in [5.74, 6) is 1.16. The van der Waals surface area contributed by atoms with Gasteiger partial charge in [0.2, 0.25) is 20.0 Å². The summed E-state index contributed by atoms with van der Waals surface area (Å²) < 4.78 is 54.9. The van der Waals surface area contributed by atoms with Crippen LogP contribution in [0.1, 0.15) is 96.1 Å². The molecule has 4 heterocycles. The van der Waals surface area contributed by atoms with Gasteiger partial charge < -0.3 is 20.3 Å². The lowest BCUT2D eigenvalue weighted by Gasteiger charge is -2.35. The van der Waals surface area contributed by atoms with Crippen molar-refractivity contribution in [3.05, 3.63) is 130 Å². The zero-order valence-corrected chi connectivity index (χ0v) is 40.2. The molecule has 0 amide bonds. The molecule has 4 aromatic rings. The highest BCUT2D eigenvalue weighted by molar-refractivity contribution is 7.89. The van der Waals surface area contributed by atoms with Crippen molar-refractivity contribution >= 4 is 68.6 Å². The minimum atomic E-state index is -3.33. The van der Waals surface area contributed by atoms with Crippen molar-refractivity contribution in [1.29, 1.82) is 0 Å². The number of nitrogens with one attached hydrogen (secondary N) is 1. The Hall–Kier alpha value is -4.97. The van der Waals surface area contributed by atoms with Gasteiger partial charge in [-0.25, -0.2) is 25.4 Å². The molecule has 2 aromatic carbocycles. The number of hydrazone groups is 2. The maximum Gasteiger partial charge on any atom is 0.468 e. The average molecular weight is 943 g/mol. The molecular weight excluding hydrogens is 882 g/mol. The van der Waals surface area contributed by atoms with Crippen LogP contribution >= 0.6 is 0 Å². The van der Waals surface area contributed by atoms with E-state index in [4.69, 9.17) is 5.10 Å². The highest BCUT2D eigenvalue weighted by Gasteiger charge is 2.39. The van der Waals surface area contributed by atoms with Crippen molar-refractivity contribution in [3.8, 4) is 0 Å². The van der Waals surface area contributed by atoms with Crippen LogP contribution in [0.3, 0.4) is 0 Å². The molecule has 6 aliphatic rings. The standard InChI is InChI=1S/C25H31BN4O3S.C24H29BN4O3S/c1-29(16-18-7-4-3-5-8-18)34(32,33)17-19-11-13-20(14-12-19)25-24-21-9-6-10-23(21)27-15-22(24)26(31)30(2)28-25;1-29(15-17-6-3-2-4-7-17)33(31,32)16-18-10-12-19(13-11-18)24-23-20-8-5-9-22(20)26-14-21(23)25(30)28-27-24/h3-9,15,19-20,31H,10-14,16-17H2,1-2H3;2-8,14,18-19,28,30H,9-13,15-16H2,1H3. The molecule has 4 aliphatic carbocycles. The minimum absolute atomic E-state index is 0.148. The molecule has 2 aromatic heterocycles. The second kappa shape index (κ2) is 19.9. The molecule has 18 heteroatoms. The van der Waals surface area contributed by atoms with Crippen molar-refractivity contribution < 1.29 is 26.9 Å². The maximum absolute atomic E-state index is 13.0. The lowest BCUT2D eigenvalue weighted by atomic mass is 9.66. The van der Waals surface area contributed by atoms with Crippen LogP contribution in [0, 0.1) is 23.7 Å². The van der Waals surface area contributed by atoms with Gasteiger partial charge in [0, 0.05) is 104 Å². The zero-order chi connectivity index (χ0) is 46.9. The van der Waals surface area contributed by atoms with Crippen LogP contribution < -0.4 is 16.3 Å². The van der Waals surface area contributed by atoms with Crippen LogP contribution in [0.15, 0.2) is 95.4 Å². The first-order valence-corrected chi connectivity index (χ1v) is 26.8.